The zero-order chi connectivity index (χ0) is 19.8. The number of rotatable bonds is 4. The van der Waals surface area contributed by atoms with Gasteiger partial charge in [0.1, 0.15) is 4.88 Å². The molecule has 6 nitrogen and oxygen atoms in total. The van der Waals surface area contributed by atoms with Crippen molar-refractivity contribution in [3.05, 3.63) is 63.8 Å². The highest BCUT2D eigenvalue weighted by Crippen LogP contribution is 2.50. The van der Waals surface area contributed by atoms with Crippen molar-refractivity contribution in [1.29, 1.82) is 0 Å². The van der Waals surface area contributed by atoms with Crippen molar-refractivity contribution in [1.82, 2.24) is 0 Å². The minimum Gasteiger partial charge on any atom is -0.504 e. The molecule has 1 aliphatic rings. The molecule has 0 bridgehead atoms. The second-order valence-corrected chi connectivity index (χ2v) is 7.50. The molecule has 0 spiro atoms. The van der Waals surface area contributed by atoms with E-state index in [1.54, 1.807) is 18.2 Å². The highest BCUT2D eigenvalue weighted by Gasteiger charge is 2.34. The minimum atomic E-state index is -1.04. The molecule has 2 heterocycles. The lowest BCUT2D eigenvalue weighted by molar-refractivity contribution is -0.116. The van der Waals surface area contributed by atoms with Gasteiger partial charge in [0.2, 0.25) is 5.91 Å². The van der Waals surface area contributed by atoms with Gasteiger partial charge in [-0.2, -0.15) is 0 Å². The Balaban J connectivity index is 1.91. The van der Waals surface area contributed by atoms with Gasteiger partial charge in [0.25, 0.3) is 0 Å². The fraction of sp³-hybridized carbons (Fsp3) is 0.143. The van der Waals surface area contributed by atoms with Crippen molar-refractivity contribution < 1.29 is 24.5 Å². The Bertz CT molecular complexity index is 1070. The lowest BCUT2D eigenvalue weighted by Crippen LogP contribution is -2.22. The van der Waals surface area contributed by atoms with Gasteiger partial charge in [0.05, 0.1) is 12.8 Å². The van der Waals surface area contributed by atoms with Crippen LogP contribution < -0.4 is 10.1 Å². The molecule has 1 aromatic heterocycles. The number of aromatic hydroxyl groups is 1. The number of carboxylic acid groups (broad SMARTS) is 1. The monoisotopic (exact) mass is 395 g/mol. The average molecular weight is 395 g/mol. The Morgan fingerprint density at radius 3 is 2.61 bits per heavy atom. The Morgan fingerprint density at radius 1 is 1.21 bits per heavy atom. The maximum absolute atomic E-state index is 12.4. The zero-order valence-electron chi connectivity index (χ0n) is 14.9. The number of aromatic carboxylic acids is 1. The van der Waals surface area contributed by atoms with Crippen molar-refractivity contribution in [2.45, 2.75) is 12.3 Å². The third-order valence-electron chi connectivity index (χ3n) is 4.77. The number of fused-ring (bicyclic) bond motifs is 1. The first kappa shape index (κ1) is 18.1. The van der Waals surface area contributed by atoms with E-state index in [0.717, 1.165) is 27.3 Å². The van der Waals surface area contributed by atoms with Crippen LogP contribution in [0.4, 0.5) is 5.69 Å². The van der Waals surface area contributed by atoms with E-state index >= 15 is 0 Å². The zero-order valence-corrected chi connectivity index (χ0v) is 15.7. The highest BCUT2D eigenvalue weighted by atomic mass is 32.1. The third kappa shape index (κ3) is 2.99. The molecule has 28 heavy (non-hydrogen) atoms. The van der Waals surface area contributed by atoms with Crippen LogP contribution in [-0.4, -0.2) is 29.2 Å². The molecule has 0 fully saturated rings. The van der Waals surface area contributed by atoms with E-state index < -0.39 is 5.97 Å². The van der Waals surface area contributed by atoms with Crippen LogP contribution in [0, 0.1) is 0 Å². The van der Waals surface area contributed by atoms with Gasteiger partial charge in [-0.05, 0) is 23.3 Å². The summed E-state index contributed by atoms with van der Waals surface area (Å²) in [6.45, 7) is 0. The highest BCUT2D eigenvalue weighted by molar-refractivity contribution is 7.15. The number of carboxylic acids is 1. The number of anilines is 1. The van der Waals surface area contributed by atoms with E-state index in [4.69, 9.17) is 4.74 Å². The number of amides is 1. The molecule has 2 aromatic carbocycles. The van der Waals surface area contributed by atoms with Crippen molar-refractivity contribution in [3.8, 4) is 22.6 Å². The van der Waals surface area contributed by atoms with Crippen LogP contribution in [0.2, 0.25) is 0 Å². The molecule has 142 valence electrons. The van der Waals surface area contributed by atoms with E-state index in [1.807, 2.05) is 30.3 Å². The molecule has 1 amide bonds. The van der Waals surface area contributed by atoms with Crippen molar-refractivity contribution in [3.63, 3.8) is 0 Å². The van der Waals surface area contributed by atoms with Crippen LogP contribution in [-0.2, 0) is 4.79 Å². The minimum absolute atomic E-state index is 0.0224. The summed E-state index contributed by atoms with van der Waals surface area (Å²) < 4.78 is 5.09. The standard InChI is InChI=1S/C21H17NO5S/c1-27-15-8-7-12(9-14(15)23)13-10-16(24)22-18-17(11-5-3-2-4-6-11)20(21(25)26)28-19(13)18/h2-9,13,23H,10H2,1H3,(H,22,24)(H,25,26)/t13-/m0/s1. The molecular weight excluding hydrogens is 378 g/mol. The molecule has 0 saturated heterocycles. The van der Waals surface area contributed by atoms with Gasteiger partial charge < -0.3 is 20.3 Å². The Hall–Kier alpha value is -3.32. The maximum atomic E-state index is 12.4. The summed E-state index contributed by atoms with van der Waals surface area (Å²) in [7, 11) is 1.46. The third-order valence-corrected chi connectivity index (χ3v) is 6.06. The summed E-state index contributed by atoms with van der Waals surface area (Å²) >= 11 is 1.16. The molecule has 3 N–H and O–H groups in total. The number of nitrogens with one attached hydrogen (secondary N) is 1. The Labute approximate surface area is 165 Å². The number of ether oxygens (including phenoxy) is 1. The number of carbonyl (C=O) groups excluding carboxylic acids is 1. The van der Waals surface area contributed by atoms with Crippen LogP contribution in [0.3, 0.4) is 0 Å². The SMILES string of the molecule is COc1ccc([C@@H]2CC(=O)Nc3c2sc(C(=O)O)c3-c2ccccc2)cc1O. The van der Waals surface area contributed by atoms with Crippen molar-refractivity contribution >= 4 is 28.9 Å². The van der Waals surface area contributed by atoms with E-state index in [0.29, 0.717) is 17.0 Å². The van der Waals surface area contributed by atoms with E-state index in [2.05, 4.69) is 5.32 Å². The number of carbonyl (C=O) groups is 2. The summed E-state index contributed by atoms with van der Waals surface area (Å²) in [5.74, 6) is -1.26. The molecule has 4 rings (SSSR count). The predicted molar refractivity (Wildman–Crippen MR) is 106 cm³/mol. The van der Waals surface area contributed by atoms with E-state index in [9.17, 15) is 19.8 Å². The molecule has 7 heteroatoms. The smallest absolute Gasteiger partial charge is 0.346 e. The number of phenolic OH excluding ortho intramolecular Hbond substituents is 1. The fourth-order valence-corrected chi connectivity index (χ4v) is 4.76. The summed E-state index contributed by atoms with van der Waals surface area (Å²) in [4.78, 5) is 25.3. The fourth-order valence-electron chi connectivity index (χ4n) is 3.51. The van der Waals surface area contributed by atoms with Gasteiger partial charge in [-0.15, -0.1) is 11.3 Å². The molecule has 1 aliphatic heterocycles. The van der Waals surface area contributed by atoms with Gasteiger partial charge in [-0.1, -0.05) is 36.4 Å². The van der Waals surface area contributed by atoms with Crippen LogP contribution in [0.25, 0.3) is 11.1 Å². The van der Waals surface area contributed by atoms with Crippen LogP contribution in [0.15, 0.2) is 48.5 Å². The molecule has 1 atom stereocenters. The normalized spacial score (nSPS) is 15.6. The number of thiophene rings is 1. The summed E-state index contributed by atoms with van der Waals surface area (Å²) in [6, 6.07) is 14.1. The van der Waals surface area contributed by atoms with E-state index in [1.165, 1.54) is 7.11 Å². The van der Waals surface area contributed by atoms with Crippen LogP contribution in [0.1, 0.15) is 32.5 Å². The molecule has 0 radical (unpaired) electrons. The first-order valence-corrected chi connectivity index (χ1v) is 9.43. The van der Waals surface area contributed by atoms with E-state index in [-0.39, 0.29) is 28.9 Å². The van der Waals surface area contributed by atoms with Gasteiger partial charge >= 0.3 is 5.97 Å². The first-order chi connectivity index (χ1) is 13.5. The van der Waals surface area contributed by atoms with Gasteiger partial charge in [-0.3, -0.25) is 4.79 Å². The predicted octanol–water partition coefficient (Wildman–Crippen LogP) is 4.30. The number of benzene rings is 2. The summed E-state index contributed by atoms with van der Waals surface area (Å²) in [5.41, 5.74) is 2.51. The lowest BCUT2D eigenvalue weighted by atomic mass is 9.88. The Morgan fingerprint density at radius 2 is 1.96 bits per heavy atom. The first-order valence-electron chi connectivity index (χ1n) is 8.61. The second-order valence-electron chi connectivity index (χ2n) is 6.45. The van der Waals surface area contributed by atoms with Crippen LogP contribution in [0.5, 0.6) is 11.5 Å². The lowest BCUT2D eigenvalue weighted by Gasteiger charge is -2.24. The molecule has 0 saturated carbocycles. The number of phenols is 1. The largest absolute Gasteiger partial charge is 0.504 e. The molecule has 0 aliphatic carbocycles. The topological polar surface area (TPSA) is 95.9 Å². The number of hydrogen-bond donors (Lipinski definition) is 3. The number of methoxy groups -OCH3 is 1. The average Bonchev–Trinajstić information content (AvgIpc) is 3.07. The number of hydrogen-bond acceptors (Lipinski definition) is 5. The van der Waals surface area contributed by atoms with Gasteiger partial charge in [0.15, 0.2) is 11.5 Å². The van der Waals surface area contributed by atoms with Gasteiger partial charge in [-0.25, -0.2) is 4.79 Å². The Kier molecular flexibility index (Phi) is 4.52. The van der Waals surface area contributed by atoms with Crippen molar-refractivity contribution in [2.75, 3.05) is 12.4 Å². The maximum Gasteiger partial charge on any atom is 0.346 e. The van der Waals surface area contributed by atoms with Crippen LogP contribution >= 0.6 is 11.3 Å². The van der Waals surface area contributed by atoms with Gasteiger partial charge in [0, 0.05) is 22.8 Å². The van der Waals surface area contributed by atoms with Crippen molar-refractivity contribution in [2.24, 2.45) is 0 Å². The second kappa shape index (κ2) is 7.01. The quantitative estimate of drug-likeness (QED) is 0.612. The molecular formula is C21H17NO5S. The summed E-state index contributed by atoms with van der Waals surface area (Å²) in [5, 5.41) is 22.8. The molecule has 3 aromatic rings. The summed E-state index contributed by atoms with van der Waals surface area (Å²) in [6.07, 6.45) is 0.173. The molecule has 0 unspecified atom stereocenters.